The molecule has 2 rings (SSSR count). The van der Waals surface area contributed by atoms with Crippen molar-refractivity contribution >= 4 is 11.8 Å². The smallest absolute Gasteiger partial charge is 0.320 e. The molecule has 24 heavy (non-hydrogen) atoms. The van der Waals surface area contributed by atoms with Crippen LogP contribution in [0.3, 0.4) is 0 Å². The Hall–Kier alpha value is -1.60. The Kier molecular flexibility index (Phi) is 7.05. The number of nitrogens with zero attached hydrogens (tertiary/aromatic N) is 3. The molecule has 7 heteroatoms. The molecule has 1 aromatic rings. The largest absolute Gasteiger partial charge is 0.373 e. The van der Waals surface area contributed by atoms with E-state index in [0.717, 1.165) is 38.3 Å². The van der Waals surface area contributed by atoms with Gasteiger partial charge in [-0.3, -0.25) is 10.2 Å². The molecule has 2 heterocycles. The molecular weight excluding hydrogens is 306 g/mol. The lowest BCUT2D eigenvalue weighted by atomic mass is 10.2. The molecule has 0 bridgehead atoms. The van der Waals surface area contributed by atoms with Crippen LogP contribution < -0.4 is 10.6 Å². The predicted octanol–water partition coefficient (Wildman–Crippen LogP) is 2.47. The lowest BCUT2D eigenvalue weighted by Crippen LogP contribution is -2.45. The number of urea groups is 1. The number of rotatable bonds is 7. The fourth-order valence-corrected chi connectivity index (χ4v) is 3.11. The average molecular weight is 337 g/mol. The first kappa shape index (κ1) is 18.7. The van der Waals surface area contributed by atoms with Crippen LogP contribution in [0.5, 0.6) is 0 Å². The van der Waals surface area contributed by atoms with Gasteiger partial charge in [-0.05, 0) is 47.1 Å². The van der Waals surface area contributed by atoms with Crippen molar-refractivity contribution in [2.75, 3.05) is 31.5 Å². The van der Waals surface area contributed by atoms with E-state index in [2.05, 4.69) is 34.5 Å². The van der Waals surface area contributed by atoms with E-state index < -0.39 is 0 Å². The van der Waals surface area contributed by atoms with Crippen LogP contribution in [0.1, 0.15) is 46.6 Å². The molecule has 1 saturated heterocycles. The van der Waals surface area contributed by atoms with Gasteiger partial charge in [0.1, 0.15) is 5.82 Å². The van der Waals surface area contributed by atoms with Crippen LogP contribution in [-0.4, -0.2) is 59.1 Å². The summed E-state index contributed by atoms with van der Waals surface area (Å²) in [6, 6.07) is 1.85. The fraction of sp³-hybridized carbons (Fsp3) is 0.765. The van der Waals surface area contributed by atoms with E-state index in [0.29, 0.717) is 18.8 Å². The van der Waals surface area contributed by atoms with Gasteiger partial charge in [-0.1, -0.05) is 0 Å². The molecule has 0 aromatic carbocycles. The van der Waals surface area contributed by atoms with Crippen LogP contribution in [0.15, 0.2) is 12.3 Å². The van der Waals surface area contributed by atoms with Crippen molar-refractivity contribution in [2.45, 2.75) is 58.8 Å². The minimum absolute atomic E-state index is 0.175. The third kappa shape index (κ3) is 5.79. The van der Waals surface area contributed by atoms with E-state index >= 15 is 0 Å². The van der Waals surface area contributed by atoms with E-state index in [4.69, 9.17) is 4.74 Å². The second kappa shape index (κ2) is 9.03. The van der Waals surface area contributed by atoms with E-state index in [1.54, 1.807) is 16.9 Å². The summed E-state index contributed by atoms with van der Waals surface area (Å²) < 4.78 is 7.53. The summed E-state index contributed by atoms with van der Waals surface area (Å²) in [5, 5.41) is 9.96. The van der Waals surface area contributed by atoms with Gasteiger partial charge in [0, 0.05) is 31.7 Å². The fourth-order valence-electron chi connectivity index (χ4n) is 3.11. The standard InChI is InChI=1S/C17H31N5O2/c1-13(2)22-16(7-9-19-22)20-17(23)18-8-5-6-10-21-11-14(3)24-15(4)12-21/h7,9,13-15H,5-6,8,10-12H2,1-4H3,(H2,18,20,23)/t14-,15+. The first-order chi connectivity index (χ1) is 11.5. The topological polar surface area (TPSA) is 71.4 Å². The van der Waals surface area contributed by atoms with Gasteiger partial charge in [0.05, 0.1) is 18.4 Å². The minimum Gasteiger partial charge on any atom is -0.373 e. The molecular formula is C17H31N5O2. The molecule has 2 atom stereocenters. The molecule has 1 fully saturated rings. The zero-order valence-corrected chi connectivity index (χ0v) is 15.3. The molecule has 1 aliphatic heterocycles. The van der Waals surface area contributed by atoms with Crippen LogP contribution in [0.25, 0.3) is 0 Å². The van der Waals surface area contributed by atoms with Gasteiger partial charge in [-0.2, -0.15) is 5.10 Å². The summed E-state index contributed by atoms with van der Waals surface area (Å²) in [6.07, 6.45) is 4.35. The van der Waals surface area contributed by atoms with E-state index in [-0.39, 0.29) is 12.1 Å². The van der Waals surface area contributed by atoms with E-state index in [1.807, 2.05) is 13.8 Å². The van der Waals surface area contributed by atoms with Gasteiger partial charge in [-0.25, -0.2) is 9.48 Å². The Bertz CT molecular complexity index is 507. The molecule has 1 aliphatic rings. The monoisotopic (exact) mass is 337 g/mol. The number of amides is 2. The summed E-state index contributed by atoms with van der Waals surface area (Å²) in [4.78, 5) is 14.4. The van der Waals surface area contributed by atoms with Crippen molar-refractivity contribution < 1.29 is 9.53 Å². The van der Waals surface area contributed by atoms with Crippen molar-refractivity contribution in [2.24, 2.45) is 0 Å². The summed E-state index contributed by atoms with van der Waals surface area (Å²) in [6.45, 7) is 12.0. The zero-order chi connectivity index (χ0) is 17.5. The minimum atomic E-state index is -0.175. The van der Waals surface area contributed by atoms with Crippen molar-refractivity contribution in [3.05, 3.63) is 12.3 Å². The molecule has 2 N–H and O–H groups in total. The molecule has 1 aromatic heterocycles. The maximum Gasteiger partial charge on any atom is 0.320 e. The zero-order valence-electron chi connectivity index (χ0n) is 15.3. The quantitative estimate of drug-likeness (QED) is 0.750. The number of morpholine rings is 1. The van der Waals surface area contributed by atoms with Crippen LogP contribution in [-0.2, 0) is 4.74 Å². The number of hydrogen-bond donors (Lipinski definition) is 2. The maximum absolute atomic E-state index is 11.9. The number of hydrogen-bond acceptors (Lipinski definition) is 4. The number of aromatic nitrogens is 2. The Morgan fingerprint density at radius 3 is 2.71 bits per heavy atom. The van der Waals surface area contributed by atoms with Crippen molar-refractivity contribution in [3.8, 4) is 0 Å². The number of carbonyl (C=O) groups excluding carboxylic acids is 1. The summed E-state index contributed by atoms with van der Waals surface area (Å²) in [5.41, 5.74) is 0. The molecule has 0 spiro atoms. The van der Waals surface area contributed by atoms with Gasteiger partial charge in [0.15, 0.2) is 0 Å². The number of nitrogens with one attached hydrogen (secondary N) is 2. The predicted molar refractivity (Wildman–Crippen MR) is 95.3 cm³/mol. The molecule has 7 nitrogen and oxygen atoms in total. The van der Waals surface area contributed by atoms with Crippen LogP contribution in [0.4, 0.5) is 10.6 Å². The number of carbonyl (C=O) groups is 1. The Labute approximate surface area is 144 Å². The Balaban J connectivity index is 1.60. The van der Waals surface area contributed by atoms with Gasteiger partial charge in [0.25, 0.3) is 0 Å². The molecule has 0 aliphatic carbocycles. The normalized spacial score (nSPS) is 21.9. The molecule has 0 unspecified atom stereocenters. The highest BCUT2D eigenvalue weighted by Crippen LogP contribution is 2.13. The third-order valence-electron chi connectivity index (χ3n) is 4.08. The van der Waals surface area contributed by atoms with Crippen molar-refractivity contribution in [3.63, 3.8) is 0 Å². The van der Waals surface area contributed by atoms with Crippen molar-refractivity contribution in [1.29, 1.82) is 0 Å². The maximum atomic E-state index is 11.9. The first-order valence-corrected chi connectivity index (χ1v) is 8.92. The van der Waals surface area contributed by atoms with Crippen LogP contribution in [0, 0.1) is 0 Å². The molecule has 0 saturated carbocycles. The van der Waals surface area contributed by atoms with E-state index in [1.165, 1.54) is 0 Å². The number of unbranched alkanes of at least 4 members (excludes halogenated alkanes) is 1. The van der Waals surface area contributed by atoms with Gasteiger partial charge < -0.3 is 10.1 Å². The second-order valence-corrected chi connectivity index (χ2v) is 6.86. The van der Waals surface area contributed by atoms with Crippen molar-refractivity contribution in [1.82, 2.24) is 20.0 Å². The highest BCUT2D eigenvalue weighted by atomic mass is 16.5. The SMILES string of the molecule is CC(C)n1nccc1NC(=O)NCCCCN1C[C@@H](C)O[C@@H](C)C1. The molecule has 136 valence electrons. The van der Waals surface area contributed by atoms with Gasteiger partial charge in [-0.15, -0.1) is 0 Å². The van der Waals surface area contributed by atoms with Gasteiger partial charge in [0.2, 0.25) is 0 Å². The van der Waals surface area contributed by atoms with E-state index in [9.17, 15) is 4.79 Å². The highest BCUT2D eigenvalue weighted by Gasteiger charge is 2.21. The highest BCUT2D eigenvalue weighted by molar-refractivity contribution is 5.88. The Morgan fingerprint density at radius 1 is 1.33 bits per heavy atom. The van der Waals surface area contributed by atoms with Crippen LogP contribution in [0.2, 0.25) is 0 Å². The first-order valence-electron chi connectivity index (χ1n) is 8.92. The lowest BCUT2D eigenvalue weighted by molar-refractivity contribution is -0.0681. The molecule has 0 radical (unpaired) electrons. The third-order valence-corrected chi connectivity index (χ3v) is 4.08. The second-order valence-electron chi connectivity index (χ2n) is 6.86. The molecule has 2 amide bonds. The summed E-state index contributed by atoms with van der Waals surface area (Å²) >= 11 is 0. The lowest BCUT2D eigenvalue weighted by Gasteiger charge is -2.35. The number of ether oxygens (including phenoxy) is 1. The van der Waals surface area contributed by atoms with Crippen LogP contribution >= 0.6 is 0 Å². The summed E-state index contributed by atoms with van der Waals surface area (Å²) in [5.74, 6) is 0.721. The Morgan fingerprint density at radius 2 is 2.04 bits per heavy atom. The summed E-state index contributed by atoms with van der Waals surface area (Å²) in [7, 11) is 0. The number of anilines is 1. The van der Waals surface area contributed by atoms with Gasteiger partial charge >= 0.3 is 6.03 Å². The average Bonchev–Trinajstić information content (AvgIpc) is 2.94.